The Hall–Kier alpha value is -3.84. The zero-order chi connectivity index (χ0) is 27.2. The maximum Gasteiger partial charge on any atom is 0.294 e. The van der Waals surface area contributed by atoms with E-state index in [0.29, 0.717) is 29.2 Å². The lowest BCUT2D eigenvalue weighted by molar-refractivity contribution is -0.117. The smallest absolute Gasteiger partial charge is 0.294 e. The highest BCUT2D eigenvalue weighted by atomic mass is 79.9. The van der Waals surface area contributed by atoms with Crippen molar-refractivity contribution in [2.45, 2.75) is 39.2 Å². The maximum absolute atomic E-state index is 13.9. The van der Waals surface area contributed by atoms with E-state index in [1.807, 2.05) is 43.3 Å². The van der Waals surface area contributed by atoms with Crippen LogP contribution in [0.2, 0.25) is 0 Å². The van der Waals surface area contributed by atoms with Crippen molar-refractivity contribution in [3.8, 4) is 5.75 Å². The molecule has 1 amide bonds. The van der Waals surface area contributed by atoms with Crippen molar-refractivity contribution in [2.24, 2.45) is 0 Å². The fourth-order valence-electron chi connectivity index (χ4n) is 4.73. The van der Waals surface area contributed by atoms with E-state index in [0.717, 1.165) is 15.4 Å². The Kier molecular flexibility index (Phi) is 6.65. The molecule has 0 saturated carbocycles. The summed E-state index contributed by atoms with van der Waals surface area (Å²) in [6, 6.07) is 21.1. The molecule has 0 saturated heterocycles. The number of ether oxygens (including phenoxy) is 1. The fourth-order valence-corrected chi connectivity index (χ4v) is 5.11. The largest absolute Gasteiger partial charge is 0.503 e. The molecule has 1 atom stereocenters. The molecule has 0 fully saturated rings. The second-order valence-electron chi connectivity index (χ2n) is 10.3. The third-order valence-electron chi connectivity index (χ3n) is 6.65. The van der Waals surface area contributed by atoms with Crippen molar-refractivity contribution >= 4 is 44.3 Å². The molecule has 7 heteroatoms. The van der Waals surface area contributed by atoms with E-state index in [-0.39, 0.29) is 16.7 Å². The average Bonchev–Trinajstić information content (AvgIpc) is 3.42. The Morgan fingerprint density at radius 2 is 1.79 bits per heavy atom. The van der Waals surface area contributed by atoms with Gasteiger partial charge in [0, 0.05) is 21.6 Å². The highest BCUT2D eigenvalue weighted by Gasteiger charge is 2.45. The van der Waals surface area contributed by atoms with E-state index in [9.17, 15) is 14.7 Å². The molecule has 1 aliphatic heterocycles. The molecule has 0 bridgehead atoms. The Bertz CT molecular complexity index is 1580. The van der Waals surface area contributed by atoms with Crippen LogP contribution in [0.5, 0.6) is 5.75 Å². The van der Waals surface area contributed by atoms with Gasteiger partial charge in [0.25, 0.3) is 5.91 Å². The number of carbonyl (C=O) groups is 2. The number of ketones is 1. The van der Waals surface area contributed by atoms with Gasteiger partial charge in [0.2, 0.25) is 5.78 Å². The summed E-state index contributed by atoms with van der Waals surface area (Å²) in [6.45, 7) is 8.70. The van der Waals surface area contributed by atoms with Crippen molar-refractivity contribution in [2.75, 3.05) is 11.5 Å². The van der Waals surface area contributed by atoms with Gasteiger partial charge in [-0.3, -0.25) is 14.5 Å². The minimum absolute atomic E-state index is 0.0292. The molecular formula is C31H28BrNO5. The van der Waals surface area contributed by atoms with Crippen molar-refractivity contribution in [3.05, 3.63) is 105 Å². The molecule has 1 aliphatic rings. The Balaban J connectivity index is 1.64. The van der Waals surface area contributed by atoms with E-state index >= 15 is 0 Å². The van der Waals surface area contributed by atoms with Gasteiger partial charge in [-0.25, -0.2) is 0 Å². The van der Waals surface area contributed by atoms with Gasteiger partial charge in [-0.05, 0) is 59.9 Å². The first-order valence-corrected chi connectivity index (χ1v) is 13.2. The second kappa shape index (κ2) is 9.80. The van der Waals surface area contributed by atoms with Crippen molar-refractivity contribution in [3.63, 3.8) is 0 Å². The SMILES string of the molecule is CCOc1cccc(N2C(=O)C(O)=C(C(=O)c3cc4cc(Br)ccc4o3)C2c2ccc(C(C)(C)C)cc2)c1. The predicted octanol–water partition coefficient (Wildman–Crippen LogP) is 7.67. The van der Waals surface area contributed by atoms with Gasteiger partial charge in [0.1, 0.15) is 11.3 Å². The molecule has 0 spiro atoms. The van der Waals surface area contributed by atoms with E-state index in [1.54, 1.807) is 36.4 Å². The number of furan rings is 1. The molecule has 3 aromatic carbocycles. The quantitative estimate of drug-likeness (QED) is 0.239. The van der Waals surface area contributed by atoms with Crippen LogP contribution in [0.15, 0.2) is 93.0 Å². The number of Topliss-reactive ketones (excluding diaryl/α,β-unsaturated/α-hetero) is 1. The van der Waals surface area contributed by atoms with E-state index in [2.05, 4.69) is 36.7 Å². The first-order valence-electron chi connectivity index (χ1n) is 12.4. The van der Waals surface area contributed by atoms with Gasteiger partial charge in [-0.1, -0.05) is 67.0 Å². The second-order valence-corrected chi connectivity index (χ2v) is 11.2. The van der Waals surface area contributed by atoms with Crippen molar-refractivity contribution in [1.82, 2.24) is 0 Å². The Labute approximate surface area is 229 Å². The number of aliphatic hydroxyl groups is 1. The molecule has 1 unspecified atom stereocenters. The van der Waals surface area contributed by atoms with Gasteiger partial charge in [0.15, 0.2) is 11.5 Å². The van der Waals surface area contributed by atoms with Gasteiger partial charge in [-0.2, -0.15) is 0 Å². The highest BCUT2D eigenvalue weighted by Crippen LogP contribution is 2.43. The molecule has 2 heterocycles. The van der Waals surface area contributed by atoms with Crippen molar-refractivity contribution < 1.29 is 23.8 Å². The zero-order valence-corrected chi connectivity index (χ0v) is 23.2. The van der Waals surface area contributed by atoms with Crippen LogP contribution in [-0.2, 0) is 10.2 Å². The van der Waals surface area contributed by atoms with Gasteiger partial charge < -0.3 is 14.3 Å². The van der Waals surface area contributed by atoms with E-state index in [4.69, 9.17) is 9.15 Å². The number of rotatable bonds is 6. The topological polar surface area (TPSA) is 80.0 Å². The first-order chi connectivity index (χ1) is 18.1. The summed E-state index contributed by atoms with van der Waals surface area (Å²) in [5.41, 5.74) is 2.74. The number of hydrogen-bond donors (Lipinski definition) is 1. The summed E-state index contributed by atoms with van der Waals surface area (Å²) in [5, 5.41) is 11.9. The lowest BCUT2D eigenvalue weighted by Crippen LogP contribution is -2.31. The molecule has 5 rings (SSSR count). The molecule has 194 valence electrons. The monoisotopic (exact) mass is 573 g/mol. The maximum atomic E-state index is 13.9. The lowest BCUT2D eigenvalue weighted by Gasteiger charge is -2.28. The number of carbonyl (C=O) groups excluding carboxylic acids is 2. The highest BCUT2D eigenvalue weighted by molar-refractivity contribution is 9.10. The van der Waals surface area contributed by atoms with Crippen LogP contribution < -0.4 is 9.64 Å². The van der Waals surface area contributed by atoms with Crippen molar-refractivity contribution in [1.29, 1.82) is 0 Å². The van der Waals surface area contributed by atoms with Crippen LogP contribution in [0.4, 0.5) is 5.69 Å². The standard InChI is InChI=1S/C31H28BrNO5/c1-5-37-23-8-6-7-22(17-23)33-27(18-9-11-20(12-10-18)31(2,3)4)26(29(35)30(33)36)28(34)25-16-19-15-21(32)13-14-24(19)38-25/h6-17,27,35H,5H2,1-4H3. The number of fused-ring (bicyclic) bond motifs is 1. The third-order valence-corrected chi connectivity index (χ3v) is 7.15. The zero-order valence-electron chi connectivity index (χ0n) is 21.6. The summed E-state index contributed by atoms with van der Waals surface area (Å²) >= 11 is 3.44. The summed E-state index contributed by atoms with van der Waals surface area (Å²) in [4.78, 5) is 28.9. The molecule has 38 heavy (non-hydrogen) atoms. The Morgan fingerprint density at radius 1 is 1.05 bits per heavy atom. The molecule has 0 radical (unpaired) electrons. The molecule has 0 aliphatic carbocycles. The van der Waals surface area contributed by atoms with E-state index < -0.39 is 23.5 Å². The predicted molar refractivity (Wildman–Crippen MR) is 151 cm³/mol. The average molecular weight is 574 g/mol. The number of benzene rings is 3. The third kappa shape index (κ3) is 4.63. The van der Waals surface area contributed by atoms with Crippen LogP contribution in [-0.4, -0.2) is 23.4 Å². The number of anilines is 1. The summed E-state index contributed by atoms with van der Waals surface area (Å²) < 4.78 is 12.4. The molecule has 1 N–H and O–H groups in total. The molecule has 6 nitrogen and oxygen atoms in total. The number of halogens is 1. The molecule has 1 aromatic heterocycles. The molecular weight excluding hydrogens is 546 g/mol. The minimum Gasteiger partial charge on any atom is -0.503 e. The number of nitrogens with zero attached hydrogens (tertiary/aromatic N) is 1. The van der Waals surface area contributed by atoms with Crippen LogP contribution >= 0.6 is 15.9 Å². The van der Waals surface area contributed by atoms with E-state index in [1.165, 1.54) is 4.90 Å². The van der Waals surface area contributed by atoms with Crippen LogP contribution in [0, 0.1) is 0 Å². The number of hydrogen-bond acceptors (Lipinski definition) is 5. The number of aliphatic hydroxyl groups excluding tert-OH is 1. The normalized spacial score (nSPS) is 16.0. The fraction of sp³-hybridized carbons (Fsp3) is 0.226. The summed E-state index contributed by atoms with van der Waals surface area (Å²) in [5.74, 6) is -1.17. The van der Waals surface area contributed by atoms with Crippen LogP contribution in [0.1, 0.15) is 55.4 Å². The summed E-state index contributed by atoms with van der Waals surface area (Å²) in [7, 11) is 0. The van der Waals surface area contributed by atoms with Gasteiger partial charge in [-0.15, -0.1) is 0 Å². The summed E-state index contributed by atoms with van der Waals surface area (Å²) in [6.07, 6.45) is 0. The molecule has 4 aromatic rings. The van der Waals surface area contributed by atoms with Gasteiger partial charge >= 0.3 is 0 Å². The van der Waals surface area contributed by atoms with Crippen LogP contribution in [0.25, 0.3) is 11.0 Å². The number of amides is 1. The lowest BCUT2D eigenvalue weighted by atomic mass is 9.85. The first kappa shape index (κ1) is 25.8. The van der Waals surface area contributed by atoms with Crippen LogP contribution in [0.3, 0.4) is 0 Å². The minimum atomic E-state index is -0.860. The Morgan fingerprint density at radius 3 is 2.47 bits per heavy atom. The van der Waals surface area contributed by atoms with Gasteiger partial charge in [0.05, 0.1) is 18.2 Å².